The summed E-state index contributed by atoms with van der Waals surface area (Å²) in [4.78, 5) is 29.4. The fourth-order valence-electron chi connectivity index (χ4n) is 4.33. The SMILES string of the molecule is CC[C@H](C)Cc1ccc2c(c1O)C(=O)O[C@H](CC(=O)/C=C/c1coc(C[C@H](O)[C@H](C)[C@H](O)CC)n1)C2. The Morgan fingerprint density at radius 3 is 2.61 bits per heavy atom. The molecule has 196 valence electrons. The summed E-state index contributed by atoms with van der Waals surface area (Å²) >= 11 is 0. The number of aliphatic hydroxyl groups excluding tert-OH is 2. The largest absolute Gasteiger partial charge is 0.507 e. The number of hydrogen-bond donors (Lipinski definition) is 3. The maximum atomic E-state index is 12.6. The number of benzene rings is 1. The Balaban J connectivity index is 1.58. The summed E-state index contributed by atoms with van der Waals surface area (Å²) in [6.07, 6.45) is 4.95. The number of carbonyl (C=O) groups excluding carboxylic acids is 2. The minimum Gasteiger partial charge on any atom is -0.507 e. The summed E-state index contributed by atoms with van der Waals surface area (Å²) in [5, 5.41) is 30.8. The van der Waals surface area contributed by atoms with Gasteiger partial charge in [0.2, 0.25) is 0 Å². The van der Waals surface area contributed by atoms with Gasteiger partial charge in [0.25, 0.3) is 0 Å². The Morgan fingerprint density at radius 1 is 1.17 bits per heavy atom. The van der Waals surface area contributed by atoms with Gasteiger partial charge in [0.15, 0.2) is 11.7 Å². The predicted octanol–water partition coefficient (Wildman–Crippen LogP) is 4.03. The van der Waals surface area contributed by atoms with E-state index in [4.69, 9.17) is 9.15 Å². The summed E-state index contributed by atoms with van der Waals surface area (Å²) in [6.45, 7) is 7.79. The first-order valence-electron chi connectivity index (χ1n) is 12.7. The van der Waals surface area contributed by atoms with Crippen LogP contribution in [0.2, 0.25) is 0 Å². The number of carbonyl (C=O) groups is 2. The van der Waals surface area contributed by atoms with Gasteiger partial charge in [-0.05, 0) is 42.0 Å². The normalized spacial score (nSPS) is 18.9. The smallest absolute Gasteiger partial charge is 0.342 e. The molecule has 0 unspecified atom stereocenters. The Kier molecular flexibility index (Phi) is 9.45. The Bertz CT molecular complexity index is 1090. The second-order valence-electron chi connectivity index (χ2n) is 9.83. The fourth-order valence-corrected chi connectivity index (χ4v) is 4.33. The van der Waals surface area contributed by atoms with E-state index in [1.54, 1.807) is 6.92 Å². The molecule has 3 rings (SSSR count). The van der Waals surface area contributed by atoms with E-state index < -0.39 is 24.3 Å². The van der Waals surface area contributed by atoms with E-state index in [0.29, 0.717) is 42.3 Å². The molecule has 0 spiro atoms. The van der Waals surface area contributed by atoms with Gasteiger partial charge in [-0.2, -0.15) is 0 Å². The van der Waals surface area contributed by atoms with Crippen molar-refractivity contribution in [3.8, 4) is 5.75 Å². The second kappa shape index (κ2) is 12.3. The minimum atomic E-state index is -0.800. The number of phenolic OH excluding ortho intramolecular Hbond substituents is 1. The lowest BCUT2D eigenvalue weighted by Gasteiger charge is -2.25. The van der Waals surface area contributed by atoms with Crippen molar-refractivity contribution in [3.05, 3.63) is 52.7 Å². The van der Waals surface area contributed by atoms with Gasteiger partial charge < -0.3 is 24.5 Å². The van der Waals surface area contributed by atoms with Crippen LogP contribution in [-0.2, 0) is 28.8 Å². The van der Waals surface area contributed by atoms with Gasteiger partial charge in [0.1, 0.15) is 29.4 Å². The number of esters is 1. The highest BCUT2D eigenvalue weighted by Crippen LogP contribution is 2.34. The number of rotatable bonds is 12. The molecule has 8 heteroatoms. The van der Waals surface area contributed by atoms with Crippen LogP contribution < -0.4 is 0 Å². The first-order chi connectivity index (χ1) is 17.1. The molecule has 0 saturated carbocycles. The van der Waals surface area contributed by atoms with Crippen molar-refractivity contribution in [2.45, 2.75) is 84.5 Å². The molecule has 0 amide bonds. The molecule has 1 aromatic carbocycles. The molecular weight excluding hydrogens is 462 g/mol. The number of cyclic esters (lactones) is 1. The summed E-state index contributed by atoms with van der Waals surface area (Å²) in [5.74, 6) is -0.488. The van der Waals surface area contributed by atoms with Crippen molar-refractivity contribution < 1.29 is 34.1 Å². The van der Waals surface area contributed by atoms with Gasteiger partial charge in [-0.3, -0.25) is 4.79 Å². The summed E-state index contributed by atoms with van der Waals surface area (Å²) in [5.41, 5.74) is 2.04. The minimum absolute atomic E-state index is 0.00685. The number of ether oxygens (including phenoxy) is 1. The average Bonchev–Trinajstić information content (AvgIpc) is 3.30. The monoisotopic (exact) mass is 499 g/mol. The van der Waals surface area contributed by atoms with Crippen LogP contribution >= 0.6 is 0 Å². The Labute approximate surface area is 212 Å². The number of fused-ring (bicyclic) bond motifs is 1. The standard InChI is InChI=1S/C28H37NO7/c1-5-16(3)11-19-8-7-18-12-22(36-28(34)26(18)27(19)33)13-21(30)10-9-20-15-35-25(29-20)14-24(32)17(4)23(31)6-2/h7-10,15-17,22-24,31-33H,5-6,11-14H2,1-4H3/b10-9+/t16-,17+,22-,23+,24-/m0/s1. The molecule has 0 aliphatic carbocycles. The number of oxazole rings is 1. The fraction of sp³-hybridized carbons (Fsp3) is 0.536. The average molecular weight is 500 g/mol. The zero-order valence-electron chi connectivity index (χ0n) is 21.4. The number of aliphatic hydroxyl groups is 2. The second-order valence-corrected chi connectivity index (χ2v) is 9.83. The van der Waals surface area contributed by atoms with E-state index >= 15 is 0 Å². The molecule has 2 heterocycles. The lowest BCUT2D eigenvalue weighted by Crippen LogP contribution is -2.30. The summed E-state index contributed by atoms with van der Waals surface area (Å²) in [7, 11) is 0. The zero-order valence-corrected chi connectivity index (χ0v) is 21.4. The van der Waals surface area contributed by atoms with E-state index in [1.807, 2.05) is 19.1 Å². The number of nitrogens with zero attached hydrogens (tertiary/aromatic N) is 1. The molecule has 0 bridgehead atoms. The third-order valence-electron chi connectivity index (χ3n) is 6.99. The lowest BCUT2D eigenvalue weighted by atomic mass is 9.90. The van der Waals surface area contributed by atoms with Gasteiger partial charge >= 0.3 is 5.97 Å². The Hall–Kier alpha value is -2.97. The van der Waals surface area contributed by atoms with Gasteiger partial charge in [0, 0.05) is 18.8 Å². The summed E-state index contributed by atoms with van der Waals surface area (Å²) < 4.78 is 10.8. The van der Waals surface area contributed by atoms with Crippen molar-refractivity contribution in [2.24, 2.45) is 11.8 Å². The molecule has 1 aliphatic heterocycles. The van der Waals surface area contributed by atoms with Crippen LogP contribution in [0.3, 0.4) is 0 Å². The molecule has 0 fully saturated rings. The quantitative estimate of drug-likeness (QED) is 0.295. The van der Waals surface area contributed by atoms with Gasteiger partial charge in [-0.1, -0.05) is 46.2 Å². The molecule has 1 aromatic heterocycles. The van der Waals surface area contributed by atoms with E-state index in [-0.39, 0.29) is 35.9 Å². The third-order valence-corrected chi connectivity index (χ3v) is 6.99. The van der Waals surface area contributed by atoms with Crippen molar-refractivity contribution in [3.63, 3.8) is 0 Å². The number of ketones is 1. The highest BCUT2D eigenvalue weighted by Gasteiger charge is 2.31. The van der Waals surface area contributed by atoms with Crippen LogP contribution in [-0.4, -0.2) is 50.4 Å². The topological polar surface area (TPSA) is 130 Å². The maximum absolute atomic E-state index is 12.6. The number of aromatic hydroxyl groups is 1. The maximum Gasteiger partial charge on any atom is 0.342 e. The van der Waals surface area contributed by atoms with Crippen LogP contribution in [0.5, 0.6) is 5.75 Å². The highest BCUT2D eigenvalue weighted by atomic mass is 16.5. The predicted molar refractivity (Wildman–Crippen MR) is 135 cm³/mol. The van der Waals surface area contributed by atoms with Crippen molar-refractivity contribution in [1.82, 2.24) is 4.98 Å². The first kappa shape index (κ1) is 27.6. The number of phenols is 1. The Morgan fingerprint density at radius 2 is 1.92 bits per heavy atom. The third kappa shape index (κ3) is 6.83. The van der Waals surface area contributed by atoms with Crippen LogP contribution in [0.15, 0.2) is 28.9 Å². The van der Waals surface area contributed by atoms with Crippen LogP contribution in [0.1, 0.15) is 80.0 Å². The van der Waals surface area contributed by atoms with Gasteiger partial charge in [-0.15, -0.1) is 0 Å². The summed E-state index contributed by atoms with van der Waals surface area (Å²) in [6, 6.07) is 3.69. The van der Waals surface area contributed by atoms with Crippen molar-refractivity contribution in [1.29, 1.82) is 0 Å². The van der Waals surface area contributed by atoms with Crippen molar-refractivity contribution in [2.75, 3.05) is 0 Å². The molecule has 2 aromatic rings. The highest BCUT2D eigenvalue weighted by molar-refractivity contribution is 5.97. The molecule has 8 nitrogen and oxygen atoms in total. The number of hydrogen-bond acceptors (Lipinski definition) is 8. The number of aromatic nitrogens is 1. The van der Waals surface area contributed by atoms with E-state index in [0.717, 1.165) is 12.0 Å². The molecular formula is C28H37NO7. The van der Waals surface area contributed by atoms with Crippen LogP contribution in [0.25, 0.3) is 6.08 Å². The molecule has 0 saturated heterocycles. The zero-order chi connectivity index (χ0) is 26.4. The first-order valence-corrected chi connectivity index (χ1v) is 12.7. The molecule has 1 aliphatic rings. The van der Waals surface area contributed by atoms with E-state index in [1.165, 1.54) is 18.4 Å². The van der Waals surface area contributed by atoms with E-state index in [9.17, 15) is 24.9 Å². The molecule has 36 heavy (non-hydrogen) atoms. The van der Waals surface area contributed by atoms with Gasteiger partial charge in [0.05, 0.1) is 18.6 Å². The number of allylic oxidation sites excluding steroid dienone is 1. The molecule has 3 N–H and O–H groups in total. The van der Waals surface area contributed by atoms with Gasteiger partial charge in [-0.25, -0.2) is 9.78 Å². The van der Waals surface area contributed by atoms with E-state index in [2.05, 4.69) is 18.8 Å². The van der Waals surface area contributed by atoms with Crippen LogP contribution in [0.4, 0.5) is 0 Å². The lowest BCUT2D eigenvalue weighted by molar-refractivity contribution is -0.116. The van der Waals surface area contributed by atoms with Crippen molar-refractivity contribution >= 4 is 17.8 Å². The molecule has 0 radical (unpaired) electrons. The molecule has 5 atom stereocenters. The van der Waals surface area contributed by atoms with Crippen LogP contribution in [0, 0.1) is 11.8 Å².